The molecule has 0 aliphatic heterocycles. The molecule has 0 aliphatic carbocycles. The van der Waals surface area contributed by atoms with Crippen molar-refractivity contribution in [3.63, 3.8) is 0 Å². The first-order valence-electron chi connectivity index (χ1n) is 6.46. The standard InChI is InChI=1S/C13H18ClN5O/c1-9-7-12(18(3)16-9)13(20)15-5-4-6-19-8-11(14)10(2)17-19/h7-8H,4-6H2,1-3H3,(H,15,20). The van der Waals surface area contributed by atoms with Crippen molar-refractivity contribution in [2.45, 2.75) is 26.8 Å². The second-order valence-electron chi connectivity index (χ2n) is 4.73. The van der Waals surface area contributed by atoms with Crippen molar-refractivity contribution in [2.24, 2.45) is 7.05 Å². The molecule has 2 rings (SSSR count). The van der Waals surface area contributed by atoms with Gasteiger partial charge in [0.25, 0.3) is 5.91 Å². The maximum Gasteiger partial charge on any atom is 0.269 e. The molecule has 0 aromatic carbocycles. The Morgan fingerprint density at radius 2 is 2.15 bits per heavy atom. The van der Waals surface area contributed by atoms with Gasteiger partial charge in [0.2, 0.25) is 0 Å². The molecule has 2 aromatic heterocycles. The van der Waals surface area contributed by atoms with Crippen LogP contribution in [0.4, 0.5) is 0 Å². The van der Waals surface area contributed by atoms with Crippen molar-refractivity contribution < 1.29 is 4.79 Å². The lowest BCUT2D eigenvalue weighted by atomic mass is 10.3. The maximum absolute atomic E-state index is 11.9. The third-order valence-electron chi connectivity index (χ3n) is 2.97. The number of nitrogens with zero attached hydrogens (tertiary/aromatic N) is 4. The molecule has 0 bridgehead atoms. The summed E-state index contributed by atoms with van der Waals surface area (Å²) in [6.07, 6.45) is 2.59. The summed E-state index contributed by atoms with van der Waals surface area (Å²) in [5.41, 5.74) is 2.22. The minimum Gasteiger partial charge on any atom is -0.351 e. The van der Waals surface area contributed by atoms with E-state index in [1.54, 1.807) is 28.7 Å². The van der Waals surface area contributed by atoms with Gasteiger partial charge in [0.05, 0.1) is 16.4 Å². The number of aryl methyl sites for hydroxylation is 4. The highest BCUT2D eigenvalue weighted by molar-refractivity contribution is 6.31. The normalized spacial score (nSPS) is 10.8. The van der Waals surface area contributed by atoms with Crippen molar-refractivity contribution >= 4 is 17.5 Å². The molecule has 7 heteroatoms. The van der Waals surface area contributed by atoms with Crippen LogP contribution in [0.5, 0.6) is 0 Å². The average molecular weight is 296 g/mol. The van der Waals surface area contributed by atoms with E-state index in [4.69, 9.17) is 11.6 Å². The van der Waals surface area contributed by atoms with Gasteiger partial charge in [0.15, 0.2) is 0 Å². The molecule has 2 heterocycles. The molecule has 0 spiro atoms. The third kappa shape index (κ3) is 3.39. The number of carbonyl (C=O) groups is 1. The van der Waals surface area contributed by atoms with Crippen LogP contribution in [0.25, 0.3) is 0 Å². The fourth-order valence-electron chi connectivity index (χ4n) is 1.96. The lowest BCUT2D eigenvalue weighted by Gasteiger charge is -2.05. The Morgan fingerprint density at radius 3 is 2.70 bits per heavy atom. The highest BCUT2D eigenvalue weighted by Gasteiger charge is 2.10. The van der Waals surface area contributed by atoms with E-state index in [0.717, 1.165) is 24.4 Å². The quantitative estimate of drug-likeness (QED) is 0.854. The van der Waals surface area contributed by atoms with E-state index < -0.39 is 0 Å². The third-order valence-corrected chi connectivity index (χ3v) is 3.34. The Morgan fingerprint density at radius 1 is 1.40 bits per heavy atom. The second-order valence-corrected chi connectivity index (χ2v) is 5.14. The van der Waals surface area contributed by atoms with Gasteiger partial charge in [-0.3, -0.25) is 14.2 Å². The van der Waals surface area contributed by atoms with Crippen LogP contribution in [0.2, 0.25) is 5.02 Å². The lowest BCUT2D eigenvalue weighted by Crippen LogP contribution is -2.27. The molecular formula is C13H18ClN5O. The average Bonchev–Trinajstić information content (AvgIpc) is 2.88. The molecule has 6 nitrogen and oxygen atoms in total. The summed E-state index contributed by atoms with van der Waals surface area (Å²) in [4.78, 5) is 11.9. The van der Waals surface area contributed by atoms with Gasteiger partial charge >= 0.3 is 0 Å². The molecule has 1 amide bonds. The summed E-state index contributed by atoms with van der Waals surface area (Å²) in [5, 5.41) is 11.9. The minimum absolute atomic E-state index is 0.109. The molecule has 0 saturated heterocycles. The van der Waals surface area contributed by atoms with Crippen molar-refractivity contribution in [3.05, 3.63) is 34.4 Å². The van der Waals surface area contributed by atoms with Gasteiger partial charge in [0.1, 0.15) is 5.69 Å². The van der Waals surface area contributed by atoms with Gasteiger partial charge in [0, 0.05) is 26.3 Å². The smallest absolute Gasteiger partial charge is 0.269 e. The van der Waals surface area contributed by atoms with Gasteiger partial charge in [-0.05, 0) is 26.3 Å². The van der Waals surface area contributed by atoms with E-state index in [1.807, 2.05) is 13.8 Å². The van der Waals surface area contributed by atoms with Crippen LogP contribution in [0, 0.1) is 13.8 Å². The molecule has 0 radical (unpaired) electrons. The van der Waals surface area contributed by atoms with Crippen molar-refractivity contribution in [1.29, 1.82) is 0 Å². The number of nitrogens with one attached hydrogen (secondary N) is 1. The molecule has 108 valence electrons. The van der Waals surface area contributed by atoms with Crippen LogP contribution in [0.3, 0.4) is 0 Å². The summed E-state index contributed by atoms with van der Waals surface area (Å²) in [5.74, 6) is -0.109. The summed E-state index contributed by atoms with van der Waals surface area (Å²) in [7, 11) is 1.76. The Balaban J connectivity index is 1.78. The highest BCUT2D eigenvalue weighted by atomic mass is 35.5. The van der Waals surface area contributed by atoms with Gasteiger partial charge < -0.3 is 5.32 Å². The maximum atomic E-state index is 11.9. The topological polar surface area (TPSA) is 64.7 Å². The number of hydrogen-bond donors (Lipinski definition) is 1. The number of hydrogen-bond acceptors (Lipinski definition) is 3. The molecule has 1 N–H and O–H groups in total. The first-order valence-corrected chi connectivity index (χ1v) is 6.83. The zero-order chi connectivity index (χ0) is 14.7. The predicted octanol–water partition coefficient (Wildman–Crippen LogP) is 1.71. The predicted molar refractivity (Wildman–Crippen MR) is 76.9 cm³/mol. The summed E-state index contributed by atoms with van der Waals surface area (Å²) >= 11 is 5.93. The molecule has 0 aliphatic rings. The van der Waals surface area contributed by atoms with Crippen molar-refractivity contribution in [1.82, 2.24) is 24.9 Å². The van der Waals surface area contributed by atoms with E-state index >= 15 is 0 Å². The fraction of sp³-hybridized carbons (Fsp3) is 0.462. The van der Waals surface area contributed by atoms with Gasteiger partial charge in [-0.1, -0.05) is 11.6 Å². The van der Waals surface area contributed by atoms with E-state index in [0.29, 0.717) is 17.3 Å². The van der Waals surface area contributed by atoms with Gasteiger partial charge in [-0.15, -0.1) is 0 Å². The van der Waals surface area contributed by atoms with Crippen LogP contribution in [-0.4, -0.2) is 32.0 Å². The first kappa shape index (κ1) is 14.6. The van der Waals surface area contributed by atoms with Crippen molar-refractivity contribution in [2.75, 3.05) is 6.54 Å². The van der Waals surface area contributed by atoms with Gasteiger partial charge in [-0.25, -0.2) is 0 Å². The molecule has 0 atom stereocenters. The Kier molecular flexibility index (Phi) is 4.44. The number of aromatic nitrogens is 4. The molecular weight excluding hydrogens is 278 g/mol. The number of rotatable bonds is 5. The van der Waals surface area contributed by atoms with E-state index in [2.05, 4.69) is 15.5 Å². The van der Waals surface area contributed by atoms with Crippen LogP contribution in [-0.2, 0) is 13.6 Å². The van der Waals surface area contributed by atoms with Crippen LogP contribution in [0.15, 0.2) is 12.3 Å². The summed E-state index contributed by atoms with van der Waals surface area (Å²) in [6.45, 7) is 5.03. The zero-order valence-electron chi connectivity index (χ0n) is 11.9. The number of carbonyl (C=O) groups excluding carboxylic acids is 1. The van der Waals surface area contributed by atoms with Crippen LogP contribution >= 0.6 is 11.6 Å². The SMILES string of the molecule is Cc1cc(C(=O)NCCCn2cc(Cl)c(C)n2)n(C)n1. The highest BCUT2D eigenvalue weighted by Crippen LogP contribution is 2.11. The summed E-state index contributed by atoms with van der Waals surface area (Å²) in [6, 6.07) is 1.77. The first-order chi connectivity index (χ1) is 9.47. The van der Waals surface area contributed by atoms with E-state index in [1.165, 1.54) is 0 Å². The molecule has 0 saturated carbocycles. The molecule has 0 fully saturated rings. The Bertz CT molecular complexity index is 597. The van der Waals surface area contributed by atoms with Crippen molar-refractivity contribution in [3.8, 4) is 0 Å². The lowest BCUT2D eigenvalue weighted by molar-refractivity contribution is 0.0943. The number of halogens is 1. The van der Waals surface area contributed by atoms with E-state index in [9.17, 15) is 4.79 Å². The van der Waals surface area contributed by atoms with Gasteiger partial charge in [-0.2, -0.15) is 10.2 Å². The molecule has 20 heavy (non-hydrogen) atoms. The molecule has 0 unspecified atom stereocenters. The largest absolute Gasteiger partial charge is 0.351 e. The van der Waals surface area contributed by atoms with Crippen LogP contribution in [0.1, 0.15) is 28.3 Å². The minimum atomic E-state index is -0.109. The number of amides is 1. The Labute approximate surface area is 122 Å². The second kappa shape index (κ2) is 6.09. The molecule has 2 aromatic rings. The summed E-state index contributed by atoms with van der Waals surface area (Å²) < 4.78 is 3.37. The Hall–Kier alpha value is -1.82. The van der Waals surface area contributed by atoms with E-state index in [-0.39, 0.29) is 5.91 Å². The fourth-order valence-corrected chi connectivity index (χ4v) is 2.12. The monoisotopic (exact) mass is 295 g/mol. The van der Waals surface area contributed by atoms with Crippen LogP contribution < -0.4 is 5.32 Å². The zero-order valence-corrected chi connectivity index (χ0v) is 12.6.